The van der Waals surface area contributed by atoms with Gasteiger partial charge in [0, 0.05) is 4.88 Å². The Balaban J connectivity index is 2.48. The van der Waals surface area contributed by atoms with Gasteiger partial charge in [-0.25, -0.2) is 9.97 Å². The lowest BCUT2D eigenvalue weighted by Gasteiger charge is -2.11. The van der Waals surface area contributed by atoms with Gasteiger partial charge in [-0.05, 0) is 31.0 Å². The number of nitrogens with one attached hydrogen (secondary N) is 1. The first-order valence-electron chi connectivity index (χ1n) is 5.30. The van der Waals surface area contributed by atoms with Crippen LogP contribution in [0.15, 0.2) is 6.07 Å². The molecule has 0 aliphatic heterocycles. The normalized spacial score (nSPS) is 12.4. The maximum absolute atomic E-state index is 5.90. The fourth-order valence-corrected chi connectivity index (χ4v) is 2.65. The van der Waals surface area contributed by atoms with Gasteiger partial charge in [-0.1, -0.05) is 12.8 Å². The summed E-state index contributed by atoms with van der Waals surface area (Å²) in [5, 5.41) is 4.43. The van der Waals surface area contributed by atoms with Gasteiger partial charge >= 0.3 is 0 Å². The van der Waals surface area contributed by atoms with Gasteiger partial charge in [0.2, 0.25) is 5.28 Å². The highest BCUT2D eigenvalue weighted by atomic mass is 35.5. The van der Waals surface area contributed by atoms with Crippen LogP contribution in [0.2, 0.25) is 5.28 Å². The maximum atomic E-state index is 5.90. The highest BCUT2D eigenvalue weighted by molar-refractivity contribution is 7.18. The number of anilines is 1. The van der Waals surface area contributed by atoms with Crippen molar-refractivity contribution in [1.29, 1.82) is 0 Å². The lowest BCUT2D eigenvalue weighted by molar-refractivity contribution is 0.852. The summed E-state index contributed by atoms with van der Waals surface area (Å²) in [4.78, 5) is 10.5. The highest BCUT2D eigenvalue weighted by Crippen LogP contribution is 2.29. The van der Waals surface area contributed by atoms with Crippen molar-refractivity contribution in [2.45, 2.75) is 26.3 Å². The minimum Gasteiger partial charge on any atom is -0.356 e. The third-order valence-corrected chi connectivity index (χ3v) is 3.52. The van der Waals surface area contributed by atoms with Gasteiger partial charge < -0.3 is 5.32 Å². The SMILES string of the molecule is C#CC(CC)Nc1nc(Cl)nc2sc(C)cc12. The van der Waals surface area contributed by atoms with Crippen molar-refractivity contribution in [2.24, 2.45) is 0 Å². The summed E-state index contributed by atoms with van der Waals surface area (Å²) in [6, 6.07) is 2.01. The van der Waals surface area contributed by atoms with Gasteiger partial charge in [0.25, 0.3) is 0 Å². The molecule has 2 heterocycles. The molecule has 1 N–H and O–H groups in total. The van der Waals surface area contributed by atoms with Crippen molar-refractivity contribution in [3.05, 3.63) is 16.2 Å². The number of rotatable bonds is 3. The van der Waals surface area contributed by atoms with Crippen LogP contribution >= 0.6 is 22.9 Å². The Labute approximate surface area is 109 Å². The van der Waals surface area contributed by atoms with Crippen LogP contribution in [0.1, 0.15) is 18.2 Å². The smallest absolute Gasteiger partial charge is 0.225 e. The summed E-state index contributed by atoms with van der Waals surface area (Å²) in [6.45, 7) is 4.05. The van der Waals surface area contributed by atoms with Crippen LogP contribution in [-0.2, 0) is 0 Å². The molecule has 0 bridgehead atoms. The van der Waals surface area contributed by atoms with Gasteiger partial charge in [-0.3, -0.25) is 0 Å². The van der Waals surface area contributed by atoms with Crippen molar-refractivity contribution in [1.82, 2.24) is 9.97 Å². The third kappa shape index (κ3) is 2.51. The molecule has 0 spiro atoms. The molecule has 88 valence electrons. The summed E-state index contributed by atoms with van der Waals surface area (Å²) in [5.41, 5.74) is 0. The van der Waals surface area contributed by atoms with Gasteiger partial charge in [-0.2, -0.15) is 0 Å². The number of aryl methyl sites for hydroxylation is 1. The summed E-state index contributed by atoms with van der Waals surface area (Å²) in [6.07, 6.45) is 6.27. The number of halogens is 1. The van der Waals surface area contributed by atoms with Crippen molar-refractivity contribution in [3.8, 4) is 12.3 Å². The molecule has 1 unspecified atom stereocenters. The van der Waals surface area contributed by atoms with E-state index in [1.807, 2.05) is 19.9 Å². The first kappa shape index (κ1) is 12.2. The number of thiophene rings is 1. The van der Waals surface area contributed by atoms with Crippen molar-refractivity contribution >= 4 is 39.0 Å². The Bertz CT molecular complexity index is 585. The quantitative estimate of drug-likeness (QED) is 0.682. The van der Waals surface area contributed by atoms with E-state index in [1.165, 1.54) is 4.88 Å². The van der Waals surface area contributed by atoms with Crippen LogP contribution in [0.3, 0.4) is 0 Å². The minimum absolute atomic E-state index is 0.0376. The molecular weight excluding hydrogens is 254 g/mol. The molecule has 0 fully saturated rings. The van der Waals surface area contributed by atoms with Crippen LogP contribution < -0.4 is 5.32 Å². The number of hydrogen-bond acceptors (Lipinski definition) is 4. The van der Waals surface area contributed by atoms with Gasteiger partial charge in [-0.15, -0.1) is 17.8 Å². The van der Waals surface area contributed by atoms with Crippen molar-refractivity contribution < 1.29 is 0 Å². The zero-order valence-electron chi connectivity index (χ0n) is 9.62. The Kier molecular flexibility index (Phi) is 3.51. The predicted octanol–water partition coefficient (Wildman–Crippen LogP) is 3.48. The fraction of sp³-hybridized carbons (Fsp3) is 0.333. The summed E-state index contributed by atoms with van der Waals surface area (Å²) < 4.78 is 0. The van der Waals surface area contributed by atoms with Crippen LogP contribution in [0.5, 0.6) is 0 Å². The Hall–Kier alpha value is -1.31. The van der Waals surface area contributed by atoms with Crippen LogP contribution in [0, 0.1) is 19.3 Å². The fourth-order valence-electron chi connectivity index (χ4n) is 1.55. The number of hydrogen-bond donors (Lipinski definition) is 1. The van der Waals surface area contributed by atoms with Crippen molar-refractivity contribution in [3.63, 3.8) is 0 Å². The topological polar surface area (TPSA) is 37.8 Å². The molecule has 0 aliphatic carbocycles. The number of terminal acetylenes is 1. The Morgan fingerprint density at radius 2 is 2.35 bits per heavy atom. The van der Waals surface area contributed by atoms with Crippen LogP contribution in [0.25, 0.3) is 10.2 Å². The van der Waals surface area contributed by atoms with Crippen LogP contribution in [-0.4, -0.2) is 16.0 Å². The number of fused-ring (bicyclic) bond motifs is 1. The molecule has 2 rings (SSSR count). The summed E-state index contributed by atoms with van der Waals surface area (Å²) in [5.74, 6) is 3.40. The molecule has 5 heteroatoms. The van der Waals surface area contributed by atoms with E-state index in [2.05, 4.69) is 21.2 Å². The van der Waals surface area contributed by atoms with Gasteiger partial charge in [0.05, 0.1) is 11.4 Å². The average Bonchev–Trinajstić information content (AvgIpc) is 2.66. The zero-order valence-corrected chi connectivity index (χ0v) is 11.2. The van der Waals surface area contributed by atoms with E-state index in [-0.39, 0.29) is 11.3 Å². The summed E-state index contributed by atoms with van der Waals surface area (Å²) in [7, 11) is 0. The van der Waals surface area contributed by atoms with Crippen molar-refractivity contribution in [2.75, 3.05) is 5.32 Å². The Morgan fingerprint density at radius 1 is 1.59 bits per heavy atom. The second kappa shape index (κ2) is 4.91. The molecule has 2 aromatic rings. The first-order chi connectivity index (χ1) is 8.13. The van der Waals surface area contributed by atoms with E-state index < -0.39 is 0 Å². The van der Waals surface area contributed by atoms with E-state index in [4.69, 9.17) is 18.0 Å². The summed E-state index contributed by atoms with van der Waals surface area (Å²) >= 11 is 7.49. The van der Waals surface area contributed by atoms with E-state index in [0.717, 1.165) is 16.6 Å². The molecule has 0 saturated heterocycles. The lowest BCUT2D eigenvalue weighted by atomic mass is 10.2. The molecule has 1 atom stereocenters. The van der Waals surface area contributed by atoms with E-state index in [9.17, 15) is 0 Å². The zero-order chi connectivity index (χ0) is 12.4. The van der Waals surface area contributed by atoms with E-state index >= 15 is 0 Å². The van der Waals surface area contributed by atoms with E-state index in [0.29, 0.717) is 5.82 Å². The molecule has 0 aromatic carbocycles. The number of nitrogens with zero attached hydrogens (tertiary/aromatic N) is 2. The largest absolute Gasteiger partial charge is 0.356 e. The molecule has 3 nitrogen and oxygen atoms in total. The second-order valence-corrected chi connectivity index (χ2v) is 5.26. The molecule has 0 aliphatic rings. The maximum Gasteiger partial charge on any atom is 0.225 e. The standard InChI is InChI=1S/C12H12ClN3S/c1-4-8(5-2)14-10-9-6-7(3)17-11(9)16-12(13)15-10/h1,6,8H,5H2,2-3H3,(H,14,15,16). The molecule has 2 aromatic heterocycles. The molecule has 0 amide bonds. The number of aromatic nitrogens is 2. The molecule has 0 radical (unpaired) electrons. The predicted molar refractivity (Wildman–Crippen MR) is 73.7 cm³/mol. The monoisotopic (exact) mass is 265 g/mol. The highest BCUT2D eigenvalue weighted by Gasteiger charge is 2.11. The van der Waals surface area contributed by atoms with Crippen LogP contribution in [0.4, 0.5) is 5.82 Å². The first-order valence-corrected chi connectivity index (χ1v) is 6.49. The molecular formula is C12H12ClN3S. The van der Waals surface area contributed by atoms with Gasteiger partial charge in [0.15, 0.2) is 0 Å². The Morgan fingerprint density at radius 3 is 3.00 bits per heavy atom. The second-order valence-electron chi connectivity index (χ2n) is 3.69. The minimum atomic E-state index is -0.0376. The molecule has 0 saturated carbocycles. The van der Waals surface area contributed by atoms with Gasteiger partial charge in [0.1, 0.15) is 10.6 Å². The molecule has 17 heavy (non-hydrogen) atoms. The van der Waals surface area contributed by atoms with E-state index in [1.54, 1.807) is 11.3 Å². The third-order valence-electron chi connectivity index (χ3n) is 2.41. The lowest BCUT2D eigenvalue weighted by Crippen LogP contribution is -2.16. The average molecular weight is 266 g/mol.